The van der Waals surface area contributed by atoms with E-state index in [-0.39, 0.29) is 18.1 Å². The fraction of sp³-hybridized carbons (Fsp3) is 0.389. The highest BCUT2D eigenvalue weighted by Gasteiger charge is 2.35. The van der Waals surface area contributed by atoms with E-state index in [2.05, 4.69) is 10.3 Å². The SMILES string of the molecule is Cc1nc(-c2ccc(F)c(F)c2)sc1C(=O)N1CC(OC(=O)NC(C)C)C1. The van der Waals surface area contributed by atoms with E-state index in [4.69, 9.17) is 4.74 Å². The van der Waals surface area contributed by atoms with E-state index in [1.54, 1.807) is 11.8 Å². The zero-order valence-corrected chi connectivity index (χ0v) is 15.9. The van der Waals surface area contributed by atoms with Crippen molar-refractivity contribution in [3.05, 3.63) is 40.4 Å². The van der Waals surface area contributed by atoms with Crippen molar-refractivity contribution in [2.45, 2.75) is 32.9 Å². The number of rotatable bonds is 4. The number of aryl methyl sites for hydroxylation is 1. The van der Waals surface area contributed by atoms with Gasteiger partial charge in [-0.3, -0.25) is 4.79 Å². The monoisotopic (exact) mass is 395 g/mol. The summed E-state index contributed by atoms with van der Waals surface area (Å²) < 4.78 is 31.7. The van der Waals surface area contributed by atoms with Crippen LogP contribution in [0.25, 0.3) is 10.6 Å². The maximum absolute atomic E-state index is 13.4. The zero-order chi connectivity index (χ0) is 19.7. The van der Waals surface area contributed by atoms with Gasteiger partial charge in [0.05, 0.1) is 18.8 Å². The quantitative estimate of drug-likeness (QED) is 0.862. The normalized spacial score (nSPS) is 14.2. The molecule has 2 amide bonds. The molecule has 0 atom stereocenters. The van der Waals surface area contributed by atoms with E-state index in [1.807, 2.05) is 13.8 Å². The van der Waals surface area contributed by atoms with Gasteiger partial charge in [-0.05, 0) is 39.0 Å². The van der Waals surface area contributed by atoms with E-state index in [0.717, 1.165) is 23.5 Å². The van der Waals surface area contributed by atoms with Gasteiger partial charge >= 0.3 is 6.09 Å². The van der Waals surface area contributed by atoms with Crippen LogP contribution < -0.4 is 5.32 Å². The number of nitrogens with one attached hydrogen (secondary N) is 1. The van der Waals surface area contributed by atoms with Gasteiger partial charge in [-0.2, -0.15) is 0 Å². The molecule has 0 spiro atoms. The van der Waals surface area contributed by atoms with E-state index < -0.39 is 17.7 Å². The van der Waals surface area contributed by atoms with Crippen molar-refractivity contribution in [1.29, 1.82) is 0 Å². The van der Waals surface area contributed by atoms with Crippen LogP contribution in [0.1, 0.15) is 29.2 Å². The van der Waals surface area contributed by atoms with Crippen molar-refractivity contribution >= 4 is 23.3 Å². The third-order valence-electron chi connectivity index (χ3n) is 3.97. The summed E-state index contributed by atoms with van der Waals surface area (Å²) >= 11 is 1.12. The molecule has 1 aliphatic rings. The summed E-state index contributed by atoms with van der Waals surface area (Å²) in [6, 6.07) is 3.49. The van der Waals surface area contributed by atoms with Crippen molar-refractivity contribution in [3.8, 4) is 10.6 Å². The first-order valence-electron chi connectivity index (χ1n) is 8.44. The number of benzene rings is 1. The van der Waals surface area contributed by atoms with Crippen LogP contribution in [0.2, 0.25) is 0 Å². The molecule has 2 heterocycles. The van der Waals surface area contributed by atoms with E-state index in [1.165, 1.54) is 6.07 Å². The van der Waals surface area contributed by atoms with Crippen LogP contribution in [0.3, 0.4) is 0 Å². The Balaban J connectivity index is 1.64. The summed E-state index contributed by atoms with van der Waals surface area (Å²) in [5.74, 6) is -2.12. The standard InChI is InChI=1S/C18H19F2N3O3S/c1-9(2)21-18(25)26-12-7-23(8-12)17(24)15-10(3)22-16(27-15)11-4-5-13(19)14(20)6-11/h4-6,9,12H,7-8H2,1-3H3,(H,21,25). The number of carbonyl (C=O) groups is 2. The number of aromatic nitrogens is 1. The van der Waals surface area contributed by atoms with E-state index >= 15 is 0 Å². The van der Waals surface area contributed by atoms with Crippen molar-refractivity contribution < 1.29 is 23.1 Å². The lowest BCUT2D eigenvalue weighted by molar-refractivity contribution is -0.00681. The second-order valence-electron chi connectivity index (χ2n) is 6.60. The number of hydrogen-bond donors (Lipinski definition) is 1. The number of halogens is 2. The number of likely N-dealkylation sites (tertiary alicyclic amines) is 1. The summed E-state index contributed by atoms with van der Waals surface area (Å²) in [4.78, 5) is 30.5. The van der Waals surface area contributed by atoms with Gasteiger partial charge in [-0.15, -0.1) is 11.3 Å². The Morgan fingerprint density at radius 2 is 2.00 bits per heavy atom. The molecular weight excluding hydrogens is 376 g/mol. The minimum absolute atomic E-state index is 0.0233. The van der Waals surface area contributed by atoms with Crippen LogP contribution in [0, 0.1) is 18.6 Å². The second kappa shape index (κ2) is 7.59. The molecule has 0 saturated carbocycles. The first kappa shape index (κ1) is 19.2. The second-order valence-corrected chi connectivity index (χ2v) is 7.60. The molecule has 1 aliphatic heterocycles. The predicted molar refractivity (Wildman–Crippen MR) is 96.6 cm³/mol. The number of carbonyl (C=O) groups excluding carboxylic acids is 2. The Bertz CT molecular complexity index is 879. The molecule has 27 heavy (non-hydrogen) atoms. The molecule has 3 rings (SSSR count). The minimum Gasteiger partial charge on any atom is -0.442 e. The molecule has 0 aliphatic carbocycles. The topological polar surface area (TPSA) is 71.5 Å². The highest BCUT2D eigenvalue weighted by Crippen LogP contribution is 2.30. The third kappa shape index (κ3) is 4.24. The number of nitrogens with zero attached hydrogens (tertiary/aromatic N) is 2. The van der Waals surface area contributed by atoms with E-state index in [0.29, 0.717) is 34.2 Å². The molecule has 1 N–H and O–H groups in total. The summed E-state index contributed by atoms with van der Waals surface area (Å²) in [7, 11) is 0. The lowest BCUT2D eigenvalue weighted by Gasteiger charge is -2.38. The van der Waals surface area contributed by atoms with Gasteiger partial charge in [0.2, 0.25) is 0 Å². The summed E-state index contributed by atoms with van der Waals surface area (Å²) in [5, 5.41) is 3.07. The van der Waals surface area contributed by atoms with Crippen molar-refractivity contribution in [2.24, 2.45) is 0 Å². The number of thiazole rings is 1. The molecule has 0 radical (unpaired) electrons. The molecule has 1 saturated heterocycles. The van der Waals surface area contributed by atoms with Gasteiger partial charge in [0.15, 0.2) is 11.6 Å². The van der Waals surface area contributed by atoms with Crippen LogP contribution >= 0.6 is 11.3 Å². The summed E-state index contributed by atoms with van der Waals surface area (Å²) in [5.41, 5.74) is 0.933. The maximum Gasteiger partial charge on any atom is 0.407 e. The Hall–Kier alpha value is -2.55. The smallest absolute Gasteiger partial charge is 0.407 e. The first-order chi connectivity index (χ1) is 12.7. The number of amides is 2. The molecule has 0 bridgehead atoms. The molecule has 1 aromatic carbocycles. The van der Waals surface area contributed by atoms with Gasteiger partial charge < -0.3 is 15.0 Å². The largest absolute Gasteiger partial charge is 0.442 e. The van der Waals surface area contributed by atoms with Crippen molar-refractivity contribution in [2.75, 3.05) is 13.1 Å². The highest BCUT2D eigenvalue weighted by atomic mass is 32.1. The Labute approximate surface area is 159 Å². The highest BCUT2D eigenvalue weighted by molar-refractivity contribution is 7.17. The number of ether oxygens (including phenoxy) is 1. The molecule has 6 nitrogen and oxygen atoms in total. The lowest BCUT2D eigenvalue weighted by Crippen LogP contribution is -2.56. The van der Waals surface area contributed by atoms with E-state index in [9.17, 15) is 18.4 Å². The maximum atomic E-state index is 13.4. The van der Waals surface area contributed by atoms with Gasteiger partial charge in [0.25, 0.3) is 5.91 Å². The Morgan fingerprint density at radius 3 is 2.63 bits per heavy atom. The molecular formula is C18H19F2N3O3S. The van der Waals surface area contributed by atoms with Crippen LogP contribution in [-0.2, 0) is 4.74 Å². The fourth-order valence-corrected chi connectivity index (χ4v) is 3.62. The Morgan fingerprint density at radius 1 is 1.30 bits per heavy atom. The van der Waals surface area contributed by atoms with Gasteiger partial charge in [0.1, 0.15) is 16.0 Å². The first-order valence-corrected chi connectivity index (χ1v) is 9.25. The van der Waals surface area contributed by atoms with Gasteiger partial charge in [0, 0.05) is 11.6 Å². The zero-order valence-electron chi connectivity index (χ0n) is 15.1. The van der Waals surface area contributed by atoms with Crippen molar-refractivity contribution in [1.82, 2.24) is 15.2 Å². The molecule has 1 aromatic heterocycles. The Kier molecular flexibility index (Phi) is 5.41. The molecule has 0 unspecified atom stereocenters. The average Bonchev–Trinajstić information content (AvgIpc) is 2.93. The molecule has 144 valence electrons. The van der Waals surface area contributed by atoms with Gasteiger partial charge in [-0.1, -0.05) is 0 Å². The predicted octanol–water partition coefficient (Wildman–Crippen LogP) is 3.36. The minimum atomic E-state index is -0.962. The molecule has 1 fully saturated rings. The summed E-state index contributed by atoms with van der Waals surface area (Å²) in [6.45, 7) is 5.96. The lowest BCUT2D eigenvalue weighted by atomic mass is 10.1. The van der Waals surface area contributed by atoms with Crippen LogP contribution in [0.5, 0.6) is 0 Å². The fourth-order valence-electron chi connectivity index (χ4n) is 2.59. The molecule has 9 heteroatoms. The van der Waals surface area contributed by atoms with Crippen LogP contribution in [0.4, 0.5) is 13.6 Å². The number of hydrogen-bond acceptors (Lipinski definition) is 5. The van der Waals surface area contributed by atoms with Crippen molar-refractivity contribution in [3.63, 3.8) is 0 Å². The number of alkyl carbamates (subject to hydrolysis) is 1. The molecule has 2 aromatic rings. The van der Waals surface area contributed by atoms with Crippen LogP contribution in [0.15, 0.2) is 18.2 Å². The summed E-state index contributed by atoms with van der Waals surface area (Å²) in [6.07, 6.45) is -0.844. The average molecular weight is 395 g/mol. The van der Waals surface area contributed by atoms with Crippen LogP contribution in [-0.4, -0.2) is 47.1 Å². The third-order valence-corrected chi connectivity index (χ3v) is 5.17. The van der Waals surface area contributed by atoms with Gasteiger partial charge in [-0.25, -0.2) is 18.6 Å².